The fourth-order valence-corrected chi connectivity index (χ4v) is 5.22. The summed E-state index contributed by atoms with van der Waals surface area (Å²) in [6.07, 6.45) is 9.19. The van der Waals surface area contributed by atoms with Gasteiger partial charge in [-0.1, -0.05) is 40.3 Å². The molecular formula is C34H76N6O. The molecule has 0 spiro atoms. The van der Waals surface area contributed by atoms with Crippen molar-refractivity contribution in [2.24, 2.45) is 11.8 Å². The molecule has 0 saturated carbocycles. The maximum atomic E-state index is 5.10. The van der Waals surface area contributed by atoms with Crippen LogP contribution < -0.4 is 0 Å². The lowest BCUT2D eigenvalue weighted by atomic mass is 10.00. The van der Waals surface area contributed by atoms with E-state index in [2.05, 4.69) is 98.5 Å². The Hall–Kier alpha value is -0.540. The summed E-state index contributed by atoms with van der Waals surface area (Å²) in [6.45, 7) is 23.4. The van der Waals surface area contributed by atoms with Crippen molar-refractivity contribution in [3.63, 3.8) is 0 Å². The van der Waals surface area contributed by atoms with E-state index in [0.29, 0.717) is 0 Å². The molecule has 41 heavy (non-hydrogen) atoms. The van der Waals surface area contributed by atoms with Gasteiger partial charge in [0, 0.05) is 58.9 Å². The fraction of sp³-hybridized carbons (Fsp3) is 0.941. The second-order valence-corrected chi connectivity index (χ2v) is 13.1. The molecule has 4 saturated heterocycles. The third-order valence-corrected chi connectivity index (χ3v) is 8.35. The molecule has 5 rings (SSSR count). The smallest absolute Gasteiger partial charge is 0.0594 e. The average molecular weight is 585 g/mol. The molecule has 5 aliphatic rings. The molecule has 248 valence electrons. The van der Waals surface area contributed by atoms with E-state index in [4.69, 9.17) is 4.74 Å². The first-order chi connectivity index (χ1) is 18.5. The predicted molar refractivity (Wildman–Crippen MR) is 184 cm³/mol. The number of likely N-dealkylation sites (N-methyl/N-ethyl adjacent to an activating group) is 4. The lowest BCUT2D eigenvalue weighted by molar-refractivity contribution is 0.0503. The van der Waals surface area contributed by atoms with E-state index in [1.807, 2.05) is 0 Å². The highest BCUT2D eigenvalue weighted by molar-refractivity contribution is 5.03. The van der Waals surface area contributed by atoms with Crippen molar-refractivity contribution in [2.45, 2.75) is 67.7 Å². The minimum atomic E-state index is 0. The first kappa shape index (κ1) is 42.6. The monoisotopic (exact) mass is 585 g/mol. The van der Waals surface area contributed by atoms with Gasteiger partial charge in [-0.25, -0.2) is 0 Å². The number of morpholine rings is 1. The van der Waals surface area contributed by atoms with Crippen LogP contribution in [-0.2, 0) is 4.74 Å². The van der Waals surface area contributed by atoms with Crippen LogP contribution in [0.4, 0.5) is 0 Å². The van der Waals surface area contributed by atoms with Gasteiger partial charge in [0.25, 0.3) is 0 Å². The van der Waals surface area contributed by atoms with Crippen molar-refractivity contribution in [1.29, 1.82) is 0 Å². The SMILES string of the molecule is C.C.CC1=CCCN(C)C1.CC1CCCN(C)C1.CC1CCN(C)CC1.CN1CCN(C)CC1.CN1CCOCC1. The molecule has 5 heterocycles. The topological polar surface area (TPSA) is 28.7 Å². The molecule has 0 aromatic heterocycles. The predicted octanol–water partition coefficient (Wildman–Crippen LogP) is 5.05. The number of piperazine rings is 1. The second kappa shape index (κ2) is 25.9. The van der Waals surface area contributed by atoms with Gasteiger partial charge in [-0.3, -0.25) is 0 Å². The molecule has 7 nitrogen and oxygen atoms in total. The molecule has 0 bridgehead atoms. The standard InChI is InChI=1S/2C7H15N.C7H13N.C6H14N2.C5H11NO.2CH4/c1-7-3-5-8(2)6-4-7;2*1-7-4-3-5-8(2)6-7;1-7-3-5-8(2)6-4-7;1-6-2-4-7-5-3-6;;/h2*7H,3-6H2,1-2H3;4H,3,5-6H2,1-2H3;3-6H2,1-2H3;2-5H2,1H3;2*1H4. The van der Waals surface area contributed by atoms with Gasteiger partial charge < -0.3 is 34.1 Å². The van der Waals surface area contributed by atoms with E-state index in [0.717, 1.165) is 38.1 Å². The van der Waals surface area contributed by atoms with Crippen LogP contribution in [0, 0.1) is 11.8 Å². The van der Waals surface area contributed by atoms with E-state index in [1.165, 1.54) is 103 Å². The molecule has 4 fully saturated rings. The molecule has 0 N–H and O–H groups in total. The second-order valence-electron chi connectivity index (χ2n) is 13.1. The molecule has 5 aliphatic heterocycles. The highest BCUT2D eigenvalue weighted by Crippen LogP contribution is 2.14. The van der Waals surface area contributed by atoms with Gasteiger partial charge in [0.2, 0.25) is 0 Å². The van der Waals surface area contributed by atoms with E-state index in [-0.39, 0.29) is 14.9 Å². The number of hydrogen-bond acceptors (Lipinski definition) is 7. The normalized spacial score (nSPS) is 25.5. The minimum Gasteiger partial charge on any atom is -0.379 e. The fourth-order valence-electron chi connectivity index (χ4n) is 5.22. The van der Waals surface area contributed by atoms with Crippen LogP contribution in [0.5, 0.6) is 0 Å². The van der Waals surface area contributed by atoms with Gasteiger partial charge in [0.15, 0.2) is 0 Å². The molecule has 1 atom stereocenters. The molecule has 0 amide bonds. The third-order valence-electron chi connectivity index (χ3n) is 8.35. The van der Waals surface area contributed by atoms with Gasteiger partial charge in [0.05, 0.1) is 13.2 Å². The first-order valence-electron chi connectivity index (χ1n) is 15.9. The van der Waals surface area contributed by atoms with Gasteiger partial charge in [0.1, 0.15) is 0 Å². The van der Waals surface area contributed by atoms with E-state index in [9.17, 15) is 0 Å². The number of rotatable bonds is 0. The van der Waals surface area contributed by atoms with Crippen molar-refractivity contribution in [3.05, 3.63) is 11.6 Å². The summed E-state index contributed by atoms with van der Waals surface area (Å²) >= 11 is 0. The van der Waals surface area contributed by atoms with Crippen molar-refractivity contribution < 1.29 is 4.74 Å². The Morgan fingerprint density at radius 3 is 1.37 bits per heavy atom. The number of likely N-dealkylation sites (tertiary alicyclic amines) is 2. The van der Waals surface area contributed by atoms with E-state index < -0.39 is 0 Å². The maximum absolute atomic E-state index is 5.10. The van der Waals surface area contributed by atoms with Crippen LogP contribution in [0.25, 0.3) is 0 Å². The quantitative estimate of drug-likeness (QED) is 0.368. The van der Waals surface area contributed by atoms with Crippen molar-refractivity contribution >= 4 is 0 Å². The number of nitrogens with zero attached hydrogens (tertiary/aromatic N) is 6. The third kappa shape index (κ3) is 24.6. The molecule has 1 unspecified atom stereocenters. The molecular weight excluding hydrogens is 508 g/mol. The van der Waals surface area contributed by atoms with Crippen molar-refractivity contribution in [2.75, 3.05) is 134 Å². The molecule has 0 aliphatic carbocycles. The Balaban J connectivity index is 0. The van der Waals surface area contributed by atoms with Gasteiger partial charge in [-0.15, -0.1) is 0 Å². The van der Waals surface area contributed by atoms with Crippen LogP contribution in [0.3, 0.4) is 0 Å². The van der Waals surface area contributed by atoms with Gasteiger partial charge in [-0.05, 0) is 113 Å². The first-order valence-corrected chi connectivity index (χ1v) is 15.9. The molecule has 0 aromatic rings. The summed E-state index contributed by atoms with van der Waals surface area (Å²) < 4.78 is 5.10. The maximum Gasteiger partial charge on any atom is 0.0594 e. The molecule has 7 heteroatoms. The molecule has 0 aromatic carbocycles. The average Bonchev–Trinajstić information content (AvgIpc) is 2.89. The lowest BCUT2D eigenvalue weighted by Crippen LogP contribution is -2.42. The Kier molecular flexibility index (Phi) is 26.9. The van der Waals surface area contributed by atoms with Crippen molar-refractivity contribution in [1.82, 2.24) is 29.4 Å². The number of piperidine rings is 2. The van der Waals surface area contributed by atoms with Gasteiger partial charge >= 0.3 is 0 Å². The molecule has 0 radical (unpaired) electrons. The summed E-state index contributed by atoms with van der Waals surface area (Å²) in [6, 6.07) is 0. The summed E-state index contributed by atoms with van der Waals surface area (Å²) in [5.74, 6) is 1.92. The van der Waals surface area contributed by atoms with Crippen LogP contribution in [0.15, 0.2) is 11.6 Å². The Morgan fingerprint density at radius 2 is 1.05 bits per heavy atom. The summed E-state index contributed by atoms with van der Waals surface area (Å²) in [7, 11) is 13.0. The summed E-state index contributed by atoms with van der Waals surface area (Å²) in [4.78, 5) is 14.1. The Morgan fingerprint density at radius 1 is 0.561 bits per heavy atom. The van der Waals surface area contributed by atoms with Crippen LogP contribution in [0.2, 0.25) is 0 Å². The number of ether oxygens (including phenoxy) is 1. The lowest BCUT2D eigenvalue weighted by Gasteiger charge is -2.28. The van der Waals surface area contributed by atoms with Crippen LogP contribution >= 0.6 is 0 Å². The van der Waals surface area contributed by atoms with E-state index in [1.54, 1.807) is 0 Å². The van der Waals surface area contributed by atoms with Crippen LogP contribution in [-0.4, -0.2) is 163 Å². The zero-order valence-electron chi connectivity index (χ0n) is 27.8. The van der Waals surface area contributed by atoms with Crippen LogP contribution in [0.1, 0.15) is 67.7 Å². The highest BCUT2D eigenvalue weighted by Gasteiger charge is 2.12. The van der Waals surface area contributed by atoms with E-state index >= 15 is 0 Å². The zero-order valence-corrected chi connectivity index (χ0v) is 27.8. The van der Waals surface area contributed by atoms with Gasteiger partial charge in [-0.2, -0.15) is 0 Å². The van der Waals surface area contributed by atoms with Crippen molar-refractivity contribution in [3.8, 4) is 0 Å². The Labute approximate surface area is 259 Å². The zero-order chi connectivity index (χ0) is 29.0. The minimum absolute atomic E-state index is 0. The summed E-state index contributed by atoms with van der Waals surface area (Å²) in [5, 5.41) is 0. The Bertz CT molecular complexity index is 548. The highest BCUT2D eigenvalue weighted by atomic mass is 16.5. The number of hydrogen-bond donors (Lipinski definition) is 0. The largest absolute Gasteiger partial charge is 0.379 e. The summed E-state index contributed by atoms with van der Waals surface area (Å²) in [5.41, 5.74) is 1.51.